The number of carbonyl (C=O) groups excluding carboxylic acids is 1. The third-order valence-corrected chi connectivity index (χ3v) is 3.92. The molecule has 7 heteroatoms. The largest absolute Gasteiger partial charge is 0.373 e. The maximum absolute atomic E-state index is 12.7. The van der Waals surface area contributed by atoms with Crippen LogP contribution in [0.3, 0.4) is 0 Å². The van der Waals surface area contributed by atoms with Crippen LogP contribution in [0, 0.1) is 6.92 Å². The first-order valence-electron chi connectivity index (χ1n) is 7.41. The second-order valence-corrected chi connectivity index (χ2v) is 5.53. The molecule has 0 aromatic carbocycles. The number of aromatic nitrogens is 4. The number of likely N-dealkylation sites (tertiary alicyclic amines) is 1. The van der Waals surface area contributed by atoms with Gasteiger partial charge in [0.1, 0.15) is 11.6 Å². The molecule has 0 aliphatic carbocycles. The molecule has 0 spiro atoms. The fourth-order valence-electron chi connectivity index (χ4n) is 2.90. The van der Waals surface area contributed by atoms with Gasteiger partial charge in [-0.05, 0) is 19.8 Å². The zero-order chi connectivity index (χ0) is 15.7. The van der Waals surface area contributed by atoms with E-state index in [-0.39, 0.29) is 11.9 Å². The average molecular weight is 300 g/mol. The average Bonchev–Trinajstić information content (AvgIpc) is 3.14. The number of anilines is 1. The fraction of sp³-hybridized carbons (Fsp3) is 0.467. The summed E-state index contributed by atoms with van der Waals surface area (Å²) in [7, 11) is 3.64. The summed E-state index contributed by atoms with van der Waals surface area (Å²) in [5, 5.41) is 7.12. The van der Waals surface area contributed by atoms with Crippen LogP contribution in [0.5, 0.6) is 0 Å². The number of hydrogen-bond acceptors (Lipinski definition) is 5. The van der Waals surface area contributed by atoms with Crippen LogP contribution < -0.4 is 5.32 Å². The summed E-state index contributed by atoms with van der Waals surface area (Å²) in [6.07, 6.45) is 5.27. The van der Waals surface area contributed by atoms with Crippen LogP contribution in [0.25, 0.3) is 0 Å². The highest BCUT2D eigenvalue weighted by molar-refractivity contribution is 5.94. The van der Waals surface area contributed by atoms with Gasteiger partial charge in [-0.3, -0.25) is 9.48 Å². The molecule has 1 amide bonds. The SMILES string of the molecule is CNc1cc([C@H]2CCCN2C(=O)c2cnn(C)c2)nc(C)n1. The summed E-state index contributed by atoms with van der Waals surface area (Å²) in [5.41, 5.74) is 1.51. The number of nitrogens with zero attached hydrogens (tertiary/aromatic N) is 5. The number of amides is 1. The normalized spacial score (nSPS) is 17.8. The molecule has 1 atom stereocenters. The molecule has 1 saturated heterocycles. The summed E-state index contributed by atoms with van der Waals surface area (Å²) in [5.74, 6) is 1.50. The molecular weight excluding hydrogens is 280 g/mol. The standard InChI is InChI=1S/C15H20N6O/c1-10-18-12(7-14(16-2)19-10)13-5-4-6-21(13)15(22)11-8-17-20(3)9-11/h7-9,13H,4-6H2,1-3H3,(H,16,18,19)/t13-/m1/s1. The molecule has 0 unspecified atom stereocenters. The van der Waals surface area contributed by atoms with Crippen molar-refractivity contribution < 1.29 is 4.79 Å². The Kier molecular flexibility index (Phi) is 3.79. The first-order chi connectivity index (χ1) is 10.6. The summed E-state index contributed by atoms with van der Waals surface area (Å²) in [6.45, 7) is 2.61. The number of carbonyl (C=O) groups is 1. The third kappa shape index (κ3) is 2.66. The second-order valence-electron chi connectivity index (χ2n) is 5.53. The van der Waals surface area contributed by atoms with Gasteiger partial charge in [0, 0.05) is 32.9 Å². The molecular formula is C15H20N6O. The lowest BCUT2D eigenvalue weighted by Gasteiger charge is -2.24. The van der Waals surface area contributed by atoms with Crippen molar-refractivity contribution in [3.63, 3.8) is 0 Å². The maximum Gasteiger partial charge on any atom is 0.257 e. The predicted octanol–water partition coefficient (Wildman–Crippen LogP) is 1.54. The minimum absolute atomic E-state index is 0.00139. The van der Waals surface area contributed by atoms with Crippen molar-refractivity contribution in [3.8, 4) is 0 Å². The van der Waals surface area contributed by atoms with Gasteiger partial charge in [-0.25, -0.2) is 9.97 Å². The Bertz CT molecular complexity index is 695. The van der Waals surface area contributed by atoms with Crippen molar-refractivity contribution in [3.05, 3.63) is 35.5 Å². The first kappa shape index (κ1) is 14.5. The lowest BCUT2D eigenvalue weighted by molar-refractivity contribution is 0.0732. The van der Waals surface area contributed by atoms with Crippen LogP contribution >= 0.6 is 0 Å². The molecule has 116 valence electrons. The van der Waals surface area contributed by atoms with Gasteiger partial charge in [-0.2, -0.15) is 5.10 Å². The van der Waals surface area contributed by atoms with Gasteiger partial charge in [-0.15, -0.1) is 0 Å². The Hall–Kier alpha value is -2.44. The van der Waals surface area contributed by atoms with Crippen molar-refractivity contribution >= 4 is 11.7 Å². The molecule has 0 radical (unpaired) electrons. The van der Waals surface area contributed by atoms with Gasteiger partial charge in [-0.1, -0.05) is 0 Å². The van der Waals surface area contributed by atoms with E-state index in [1.165, 1.54) is 0 Å². The van der Waals surface area contributed by atoms with Crippen molar-refractivity contribution in [2.45, 2.75) is 25.8 Å². The number of nitrogens with one attached hydrogen (secondary N) is 1. The van der Waals surface area contributed by atoms with E-state index in [0.29, 0.717) is 11.4 Å². The highest BCUT2D eigenvalue weighted by Gasteiger charge is 2.32. The molecule has 22 heavy (non-hydrogen) atoms. The Balaban J connectivity index is 1.90. The van der Waals surface area contributed by atoms with E-state index in [0.717, 1.165) is 30.9 Å². The summed E-state index contributed by atoms with van der Waals surface area (Å²) < 4.78 is 1.65. The quantitative estimate of drug-likeness (QED) is 0.930. The third-order valence-electron chi connectivity index (χ3n) is 3.92. The smallest absolute Gasteiger partial charge is 0.257 e. The molecule has 1 aliphatic heterocycles. The molecule has 7 nitrogen and oxygen atoms in total. The Morgan fingerprint density at radius 1 is 1.41 bits per heavy atom. The summed E-state index contributed by atoms with van der Waals surface area (Å²) in [6, 6.07) is 1.92. The highest BCUT2D eigenvalue weighted by atomic mass is 16.2. The second kappa shape index (κ2) is 5.75. The van der Waals surface area contributed by atoms with Crippen LogP contribution in [0.2, 0.25) is 0 Å². The van der Waals surface area contributed by atoms with Crippen LogP contribution in [0.4, 0.5) is 5.82 Å². The maximum atomic E-state index is 12.7. The molecule has 1 aliphatic rings. The Labute approximate surface area is 129 Å². The molecule has 0 bridgehead atoms. The summed E-state index contributed by atoms with van der Waals surface area (Å²) in [4.78, 5) is 23.4. The van der Waals surface area contributed by atoms with Crippen molar-refractivity contribution in [1.82, 2.24) is 24.6 Å². The van der Waals surface area contributed by atoms with E-state index in [1.54, 1.807) is 17.1 Å². The van der Waals surface area contributed by atoms with Crippen LogP contribution in [-0.4, -0.2) is 44.1 Å². The van der Waals surface area contributed by atoms with E-state index in [4.69, 9.17) is 0 Å². The zero-order valence-electron chi connectivity index (χ0n) is 13.1. The van der Waals surface area contributed by atoms with Gasteiger partial charge in [0.15, 0.2) is 0 Å². The number of rotatable bonds is 3. The van der Waals surface area contributed by atoms with Gasteiger partial charge in [0.25, 0.3) is 5.91 Å². The zero-order valence-corrected chi connectivity index (χ0v) is 13.1. The van der Waals surface area contributed by atoms with Crippen LogP contribution in [0.1, 0.15) is 40.8 Å². The van der Waals surface area contributed by atoms with Crippen LogP contribution in [0.15, 0.2) is 18.5 Å². The molecule has 1 fully saturated rings. The van der Waals surface area contributed by atoms with E-state index in [2.05, 4.69) is 20.4 Å². The van der Waals surface area contributed by atoms with Crippen molar-refractivity contribution in [2.75, 3.05) is 18.9 Å². The first-order valence-corrected chi connectivity index (χ1v) is 7.41. The van der Waals surface area contributed by atoms with E-state index in [1.807, 2.05) is 32.0 Å². The van der Waals surface area contributed by atoms with Gasteiger partial charge < -0.3 is 10.2 Å². The predicted molar refractivity (Wildman–Crippen MR) is 82.5 cm³/mol. The van der Waals surface area contributed by atoms with Crippen LogP contribution in [-0.2, 0) is 7.05 Å². The van der Waals surface area contributed by atoms with Crippen molar-refractivity contribution in [1.29, 1.82) is 0 Å². The summed E-state index contributed by atoms with van der Waals surface area (Å²) >= 11 is 0. The fourth-order valence-corrected chi connectivity index (χ4v) is 2.90. The lowest BCUT2D eigenvalue weighted by atomic mass is 10.1. The Morgan fingerprint density at radius 2 is 2.23 bits per heavy atom. The monoisotopic (exact) mass is 300 g/mol. The minimum Gasteiger partial charge on any atom is -0.373 e. The van der Waals surface area contributed by atoms with Gasteiger partial charge in [0.05, 0.1) is 23.5 Å². The molecule has 3 heterocycles. The molecule has 0 saturated carbocycles. The molecule has 3 rings (SSSR count). The van der Waals surface area contributed by atoms with Gasteiger partial charge in [0.2, 0.25) is 0 Å². The highest BCUT2D eigenvalue weighted by Crippen LogP contribution is 2.32. The Morgan fingerprint density at radius 3 is 2.91 bits per heavy atom. The molecule has 1 N–H and O–H groups in total. The van der Waals surface area contributed by atoms with E-state index < -0.39 is 0 Å². The van der Waals surface area contributed by atoms with E-state index in [9.17, 15) is 4.79 Å². The number of aryl methyl sites for hydroxylation is 2. The van der Waals surface area contributed by atoms with E-state index >= 15 is 0 Å². The lowest BCUT2D eigenvalue weighted by Crippen LogP contribution is -2.31. The van der Waals surface area contributed by atoms with Gasteiger partial charge >= 0.3 is 0 Å². The topological polar surface area (TPSA) is 75.9 Å². The molecule has 2 aromatic rings. The molecule has 2 aromatic heterocycles. The van der Waals surface area contributed by atoms with Crippen molar-refractivity contribution in [2.24, 2.45) is 7.05 Å². The number of hydrogen-bond donors (Lipinski definition) is 1. The minimum atomic E-state index is 0.00139.